The number of carbonyl (C=O) groups excluding carboxylic acids is 2. The van der Waals surface area contributed by atoms with Crippen LogP contribution in [0.4, 0.5) is 0 Å². The molecule has 1 amide bonds. The van der Waals surface area contributed by atoms with E-state index >= 15 is 0 Å². The number of benzene rings is 1. The van der Waals surface area contributed by atoms with Crippen molar-refractivity contribution in [2.45, 2.75) is 19.8 Å². The molecule has 80 valence electrons. The van der Waals surface area contributed by atoms with Crippen LogP contribution in [-0.4, -0.2) is 11.7 Å². The highest BCUT2D eigenvalue weighted by Gasteiger charge is 2.19. The molecule has 0 aliphatic carbocycles. The Bertz CT molecular complexity index is 332. The minimum absolute atomic E-state index is 0.154. The molecular weight excluding hydrogens is 190 g/mol. The van der Waals surface area contributed by atoms with Gasteiger partial charge in [-0.2, -0.15) is 0 Å². The first-order valence-corrected chi connectivity index (χ1v) is 4.95. The van der Waals surface area contributed by atoms with E-state index in [-0.39, 0.29) is 5.78 Å². The number of hydrogen-bond donors (Lipinski definition) is 1. The molecular formula is C12H15NO2. The van der Waals surface area contributed by atoms with E-state index in [1.807, 2.05) is 30.3 Å². The highest BCUT2D eigenvalue weighted by atomic mass is 16.2. The van der Waals surface area contributed by atoms with Crippen molar-refractivity contribution >= 4 is 11.7 Å². The summed E-state index contributed by atoms with van der Waals surface area (Å²) in [5, 5.41) is 0. The van der Waals surface area contributed by atoms with Crippen LogP contribution in [0, 0.1) is 5.92 Å². The molecule has 0 aliphatic heterocycles. The Morgan fingerprint density at radius 1 is 1.27 bits per heavy atom. The molecule has 2 N–H and O–H groups in total. The molecule has 3 nitrogen and oxygen atoms in total. The third-order valence-electron chi connectivity index (χ3n) is 2.40. The Labute approximate surface area is 89.3 Å². The second-order valence-electron chi connectivity index (χ2n) is 3.59. The lowest BCUT2D eigenvalue weighted by Crippen LogP contribution is -2.29. The van der Waals surface area contributed by atoms with Gasteiger partial charge in [0, 0.05) is 0 Å². The SMILES string of the molecule is CC(=O)[C@@H](CCc1ccccc1)C(N)=O. The van der Waals surface area contributed by atoms with Gasteiger partial charge in [0.2, 0.25) is 5.91 Å². The van der Waals surface area contributed by atoms with E-state index in [4.69, 9.17) is 5.73 Å². The molecule has 0 spiro atoms. The number of ketones is 1. The maximum absolute atomic E-state index is 11.1. The number of primary amides is 1. The number of amides is 1. The first-order valence-electron chi connectivity index (χ1n) is 4.95. The normalized spacial score (nSPS) is 12.1. The summed E-state index contributed by atoms with van der Waals surface area (Å²) in [6.45, 7) is 1.40. The molecule has 0 saturated carbocycles. The van der Waals surface area contributed by atoms with Gasteiger partial charge in [0.1, 0.15) is 5.78 Å². The van der Waals surface area contributed by atoms with Gasteiger partial charge in [-0.15, -0.1) is 0 Å². The predicted octanol–water partition coefficient (Wildman–Crippen LogP) is 1.31. The van der Waals surface area contributed by atoms with Crippen LogP contribution in [0.5, 0.6) is 0 Å². The molecule has 0 unspecified atom stereocenters. The van der Waals surface area contributed by atoms with Crippen molar-refractivity contribution in [2.24, 2.45) is 11.7 Å². The van der Waals surface area contributed by atoms with E-state index in [9.17, 15) is 9.59 Å². The second-order valence-corrected chi connectivity index (χ2v) is 3.59. The summed E-state index contributed by atoms with van der Waals surface area (Å²) in [7, 11) is 0. The van der Waals surface area contributed by atoms with Crippen LogP contribution in [0.25, 0.3) is 0 Å². The Balaban J connectivity index is 2.55. The number of hydrogen-bond acceptors (Lipinski definition) is 2. The smallest absolute Gasteiger partial charge is 0.227 e. The molecule has 0 radical (unpaired) electrons. The average Bonchev–Trinajstić information content (AvgIpc) is 2.18. The van der Waals surface area contributed by atoms with Crippen LogP contribution in [0.1, 0.15) is 18.9 Å². The Morgan fingerprint density at radius 3 is 2.33 bits per heavy atom. The zero-order valence-corrected chi connectivity index (χ0v) is 8.77. The summed E-state index contributed by atoms with van der Waals surface area (Å²) in [6, 6.07) is 9.74. The summed E-state index contributed by atoms with van der Waals surface area (Å²) in [5.41, 5.74) is 6.26. The van der Waals surface area contributed by atoms with Gasteiger partial charge >= 0.3 is 0 Å². The molecule has 0 bridgehead atoms. The molecule has 15 heavy (non-hydrogen) atoms. The Hall–Kier alpha value is -1.64. The molecule has 0 saturated heterocycles. The summed E-state index contributed by atoms with van der Waals surface area (Å²) >= 11 is 0. The van der Waals surface area contributed by atoms with Gasteiger partial charge in [0.05, 0.1) is 5.92 Å². The van der Waals surface area contributed by atoms with Crippen molar-refractivity contribution in [3.63, 3.8) is 0 Å². The van der Waals surface area contributed by atoms with Crippen molar-refractivity contribution in [3.05, 3.63) is 35.9 Å². The molecule has 1 atom stereocenters. The van der Waals surface area contributed by atoms with Crippen LogP contribution in [0.3, 0.4) is 0 Å². The maximum atomic E-state index is 11.1. The zero-order chi connectivity index (χ0) is 11.3. The molecule has 0 heterocycles. The lowest BCUT2D eigenvalue weighted by atomic mass is 9.96. The number of nitrogens with two attached hydrogens (primary N) is 1. The van der Waals surface area contributed by atoms with E-state index in [0.717, 1.165) is 5.56 Å². The summed E-state index contributed by atoms with van der Waals surface area (Å²) < 4.78 is 0. The average molecular weight is 205 g/mol. The van der Waals surface area contributed by atoms with Gasteiger partial charge in [-0.25, -0.2) is 0 Å². The van der Waals surface area contributed by atoms with Crippen LogP contribution < -0.4 is 5.73 Å². The van der Waals surface area contributed by atoms with Crippen LogP contribution in [0.15, 0.2) is 30.3 Å². The largest absolute Gasteiger partial charge is 0.369 e. The summed E-state index contributed by atoms with van der Waals surface area (Å²) in [6.07, 6.45) is 1.20. The highest BCUT2D eigenvalue weighted by Crippen LogP contribution is 2.10. The topological polar surface area (TPSA) is 60.2 Å². The van der Waals surface area contributed by atoms with E-state index in [0.29, 0.717) is 12.8 Å². The van der Waals surface area contributed by atoms with Crippen LogP contribution >= 0.6 is 0 Å². The molecule has 1 rings (SSSR count). The molecule has 1 aromatic rings. The Kier molecular flexibility index (Phi) is 4.03. The monoisotopic (exact) mass is 205 g/mol. The van der Waals surface area contributed by atoms with E-state index in [2.05, 4.69) is 0 Å². The molecule has 0 fully saturated rings. The number of rotatable bonds is 5. The predicted molar refractivity (Wildman–Crippen MR) is 58.1 cm³/mol. The van der Waals surface area contributed by atoms with Crippen molar-refractivity contribution in [3.8, 4) is 0 Å². The third kappa shape index (κ3) is 3.54. The lowest BCUT2D eigenvalue weighted by Gasteiger charge is -2.09. The van der Waals surface area contributed by atoms with Crippen molar-refractivity contribution in [2.75, 3.05) is 0 Å². The van der Waals surface area contributed by atoms with Crippen molar-refractivity contribution in [1.29, 1.82) is 0 Å². The summed E-state index contributed by atoms with van der Waals surface area (Å²) in [5.74, 6) is -1.33. The number of Topliss-reactive ketones (excluding diaryl/α,β-unsaturated/α-hetero) is 1. The first kappa shape index (κ1) is 11.4. The fourth-order valence-corrected chi connectivity index (χ4v) is 1.50. The fraction of sp³-hybridized carbons (Fsp3) is 0.333. The molecule has 3 heteroatoms. The van der Waals surface area contributed by atoms with Crippen LogP contribution in [-0.2, 0) is 16.0 Å². The van der Waals surface area contributed by atoms with Gasteiger partial charge in [-0.3, -0.25) is 9.59 Å². The fourth-order valence-electron chi connectivity index (χ4n) is 1.50. The quantitative estimate of drug-likeness (QED) is 0.737. The molecule has 0 aromatic heterocycles. The van der Waals surface area contributed by atoms with Gasteiger partial charge in [-0.05, 0) is 25.3 Å². The van der Waals surface area contributed by atoms with Gasteiger partial charge in [0.15, 0.2) is 0 Å². The minimum atomic E-state index is -0.648. The standard InChI is InChI=1S/C12H15NO2/c1-9(14)11(12(13)15)8-7-10-5-3-2-4-6-10/h2-6,11H,7-8H2,1H3,(H2,13,15)/t11-/m1/s1. The van der Waals surface area contributed by atoms with E-state index in [1.54, 1.807) is 0 Å². The molecule has 0 aliphatic rings. The maximum Gasteiger partial charge on any atom is 0.227 e. The lowest BCUT2D eigenvalue weighted by molar-refractivity contribution is -0.131. The number of carbonyl (C=O) groups is 2. The van der Waals surface area contributed by atoms with Crippen LogP contribution in [0.2, 0.25) is 0 Å². The molecule has 1 aromatic carbocycles. The third-order valence-corrected chi connectivity index (χ3v) is 2.40. The van der Waals surface area contributed by atoms with E-state index in [1.165, 1.54) is 6.92 Å². The first-order chi connectivity index (χ1) is 7.11. The minimum Gasteiger partial charge on any atom is -0.369 e. The Morgan fingerprint density at radius 2 is 1.87 bits per heavy atom. The van der Waals surface area contributed by atoms with Gasteiger partial charge in [-0.1, -0.05) is 30.3 Å². The summed E-state index contributed by atoms with van der Waals surface area (Å²) in [4.78, 5) is 22.1. The van der Waals surface area contributed by atoms with Crippen molar-refractivity contribution in [1.82, 2.24) is 0 Å². The second kappa shape index (κ2) is 5.29. The number of aryl methyl sites for hydroxylation is 1. The van der Waals surface area contributed by atoms with Crippen molar-refractivity contribution < 1.29 is 9.59 Å². The zero-order valence-electron chi connectivity index (χ0n) is 8.77. The highest BCUT2D eigenvalue weighted by molar-refractivity contribution is 5.99. The van der Waals surface area contributed by atoms with Gasteiger partial charge < -0.3 is 5.73 Å². The van der Waals surface area contributed by atoms with Gasteiger partial charge in [0.25, 0.3) is 0 Å². The van der Waals surface area contributed by atoms with E-state index < -0.39 is 11.8 Å².